The van der Waals surface area contributed by atoms with Gasteiger partial charge in [0, 0.05) is 28.9 Å². The molecular formula is C20H20ClN3O3S. The van der Waals surface area contributed by atoms with Crippen LogP contribution >= 0.6 is 22.9 Å². The van der Waals surface area contributed by atoms with Gasteiger partial charge >= 0.3 is 0 Å². The maximum absolute atomic E-state index is 12.5. The van der Waals surface area contributed by atoms with Crippen LogP contribution in [0.15, 0.2) is 29.6 Å². The van der Waals surface area contributed by atoms with E-state index in [1.807, 2.05) is 23.6 Å². The number of anilines is 1. The van der Waals surface area contributed by atoms with E-state index in [1.165, 1.54) is 16.2 Å². The van der Waals surface area contributed by atoms with Crippen molar-refractivity contribution in [2.75, 3.05) is 11.9 Å². The molecule has 1 saturated carbocycles. The molecule has 0 spiro atoms. The van der Waals surface area contributed by atoms with Gasteiger partial charge in [-0.25, -0.2) is 4.98 Å². The molecule has 0 bridgehead atoms. The first-order chi connectivity index (χ1) is 13.5. The van der Waals surface area contributed by atoms with Crippen molar-refractivity contribution in [2.24, 2.45) is 11.8 Å². The molecule has 4 rings (SSSR count). The fourth-order valence-electron chi connectivity index (χ4n) is 3.97. The van der Waals surface area contributed by atoms with Crippen LogP contribution in [0.3, 0.4) is 0 Å². The number of hydrogen-bond acceptors (Lipinski definition) is 5. The fourth-order valence-corrected chi connectivity index (χ4v) is 4.93. The van der Waals surface area contributed by atoms with Crippen molar-refractivity contribution in [2.45, 2.75) is 32.1 Å². The topological polar surface area (TPSA) is 79.4 Å². The third-order valence-electron chi connectivity index (χ3n) is 5.40. The summed E-state index contributed by atoms with van der Waals surface area (Å²) in [5.41, 5.74) is 1.50. The molecule has 0 radical (unpaired) electrons. The molecule has 6 nitrogen and oxygen atoms in total. The minimum Gasteiger partial charge on any atom is -0.302 e. The van der Waals surface area contributed by atoms with E-state index >= 15 is 0 Å². The lowest BCUT2D eigenvalue weighted by Crippen LogP contribution is -2.34. The SMILES string of the molecule is O=C(CCN1C(=O)[C@H]2CCCC[C@H]2C1=O)Nc1nc(-c2ccccc2Cl)cs1. The summed E-state index contributed by atoms with van der Waals surface area (Å²) in [5, 5.41) is 5.63. The van der Waals surface area contributed by atoms with Crippen molar-refractivity contribution in [3.8, 4) is 11.3 Å². The number of carbonyl (C=O) groups is 3. The van der Waals surface area contributed by atoms with Crippen molar-refractivity contribution in [1.29, 1.82) is 0 Å². The number of rotatable bonds is 5. The third-order valence-corrected chi connectivity index (χ3v) is 6.48. The lowest BCUT2D eigenvalue weighted by Gasteiger charge is -2.19. The van der Waals surface area contributed by atoms with Gasteiger partial charge < -0.3 is 5.32 Å². The number of amides is 3. The number of hydrogen-bond donors (Lipinski definition) is 1. The van der Waals surface area contributed by atoms with Gasteiger partial charge in [-0.1, -0.05) is 42.6 Å². The Morgan fingerprint density at radius 3 is 2.54 bits per heavy atom. The average molecular weight is 418 g/mol. The van der Waals surface area contributed by atoms with E-state index in [-0.39, 0.29) is 42.5 Å². The van der Waals surface area contributed by atoms with Crippen LogP contribution in [-0.4, -0.2) is 34.2 Å². The summed E-state index contributed by atoms with van der Waals surface area (Å²) in [4.78, 5) is 42.9. The number of imide groups is 1. The molecule has 0 unspecified atom stereocenters. The maximum atomic E-state index is 12.5. The molecule has 8 heteroatoms. The highest BCUT2D eigenvalue weighted by Gasteiger charge is 2.47. The van der Waals surface area contributed by atoms with E-state index < -0.39 is 0 Å². The summed E-state index contributed by atoms with van der Waals surface area (Å²) >= 11 is 7.49. The van der Waals surface area contributed by atoms with Crippen LogP contribution in [0.5, 0.6) is 0 Å². The zero-order chi connectivity index (χ0) is 19.7. The molecule has 3 amide bonds. The van der Waals surface area contributed by atoms with Gasteiger partial charge in [0.15, 0.2) is 5.13 Å². The summed E-state index contributed by atoms with van der Waals surface area (Å²) < 4.78 is 0. The van der Waals surface area contributed by atoms with Gasteiger partial charge in [-0.05, 0) is 18.9 Å². The number of carbonyl (C=O) groups excluding carboxylic acids is 3. The smallest absolute Gasteiger partial charge is 0.233 e. The van der Waals surface area contributed by atoms with E-state index in [2.05, 4.69) is 10.3 Å². The quantitative estimate of drug-likeness (QED) is 0.746. The molecule has 1 aliphatic heterocycles. The average Bonchev–Trinajstić information content (AvgIpc) is 3.24. The number of thiazole rings is 1. The number of nitrogens with one attached hydrogen (secondary N) is 1. The maximum Gasteiger partial charge on any atom is 0.233 e. The molecule has 2 heterocycles. The summed E-state index contributed by atoms with van der Waals surface area (Å²) in [7, 11) is 0. The molecular weight excluding hydrogens is 398 g/mol. The third kappa shape index (κ3) is 3.69. The largest absolute Gasteiger partial charge is 0.302 e. The van der Waals surface area contributed by atoms with Gasteiger partial charge in [-0.3, -0.25) is 19.3 Å². The molecule has 146 valence electrons. The Hall–Kier alpha value is -2.25. The Morgan fingerprint density at radius 2 is 1.86 bits per heavy atom. The molecule has 2 aromatic rings. The standard InChI is InChI=1S/C20H20ClN3O3S/c21-15-8-4-3-7-14(15)16-11-28-20(22-16)23-17(25)9-10-24-18(26)12-5-1-2-6-13(12)19(24)27/h3-4,7-8,11-13H,1-2,5-6,9-10H2,(H,22,23,25)/t12-,13+. The molecule has 1 N–H and O–H groups in total. The predicted octanol–water partition coefficient (Wildman–Crippen LogP) is 3.97. The normalized spacial score (nSPS) is 21.7. The highest BCUT2D eigenvalue weighted by molar-refractivity contribution is 7.14. The van der Waals surface area contributed by atoms with Gasteiger partial charge in [0.25, 0.3) is 0 Å². The Labute approximate surface area is 171 Å². The number of aromatic nitrogens is 1. The fraction of sp³-hybridized carbons (Fsp3) is 0.400. The van der Waals surface area contributed by atoms with E-state index in [1.54, 1.807) is 6.07 Å². The summed E-state index contributed by atoms with van der Waals surface area (Å²) in [6.07, 6.45) is 3.61. The lowest BCUT2D eigenvalue weighted by atomic mass is 9.81. The molecule has 2 atom stereocenters. The summed E-state index contributed by atoms with van der Waals surface area (Å²) in [6, 6.07) is 7.38. The Kier molecular flexibility index (Phi) is 5.46. The zero-order valence-electron chi connectivity index (χ0n) is 15.2. The second kappa shape index (κ2) is 8.01. The number of likely N-dealkylation sites (tertiary alicyclic amines) is 1. The molecule has 28 heavy (non-hydrogen) atoms. The lowest BCUT2D eigenvalue weighted by molar-refractivity contribution is -0.140. The van der Waals surface area contributed by atoms with Gasteiger partial charge in [0.1, 0.15) is 0 Å². The summed E-state index contributed by atoms with van der Waals surface area (Å²) in [5.74, 6) is -0.853. The first-order valence-electron chi connectivity index (χ1n) is 9.40. The highest BCUT2D eigenvalue weighted by Crippen LogP contribution is 2.38. The molecule has 2 aliphatic rings. The van der Waals surface area contributed by atoms with Gasteiger partial charge in [0.2, 0.25) is 17.7 Å². The van der Waals surface area contributed by atoms with Crippen LogP contribution in [0, 0.1) is 11.8 Å². The molecule has 2 fully saturated rings. The van der Waals surface area contributed by atoms with Crippen LogP contribution in [0.1, 0.15) is 32.1 Å². The van der Waals surface area contributed by atoms with Crippen molar-refractivity contribution >= 4 is 45.8 Å². The van der Waals surface area contributed by atoms with Crippen LogP contribution in [0.25, 0.3) is 11.3 Å². The molecule has 1 aromatic carbocycles. The number of halogens is 1. The Morgan fingerprint density at radius 1 is 1.18 bits per heavy atom. The second-order valence-electron chi connectivity index (χ2n) is 7.14. The molecule has 1 saturated heterocycles. The number of benzene rings is 1. The van der Waals surface area contributed by atoms with Crippen LogP contribution < -0.4 is 5.32 Å². The van der Waals surface area contributed by atoms with Crippen LogP contribution in [0.4, 0.5) is 5.13 Å². The Balaban J connectivity index is 1.35. The van der Waals surface area contributed by atoms with E-state index in [0.717, 1.165) is 31.2 Å². The number of fused-ring (bicyclic) bond motifs is 1. The van der Waals surface area contributed by atoms with Gasteiger partial charge in [-0.15, -0.1) is 11.3 Å². The van der Waals surface area contributed by atoms with Gasteiger partial charge in [0.05, 0.1) is 17.5 Å². The van der Waals surface area contributed by atoms with Crippen molar-refractivity contribution in [3.05, 3.63) is 34.7 Å². The minimum atomic E-state index is -0.268. The Bertz CT molecular complexity index is 905. The molecule has 1 aliphatic carbocycles. The summed E-state index contributed by atoms with van der Waals surface area (Å²) in [6.45, 7) is 0.124. The van der Waals surface area contributed by atoms with E-state index in [4.69, 9.17) is 11.6 Å². The first-order valence-corrected chi connectivity index (χ1v) is 10.7. The predicted molar refractivity (Wildman–Crippen MR) is 108 cm³/mol. The van der Waals surface area contributed by atoms with E-state index in [0.29, 0.717) is 15.8 Å². The van der Waals surface area contributed by atoms with Gasteiger partial charge in [-0.2, -0.15) is 0 Å². The van der Waals surface area contributed by atoms with Crippen molar-refractivity contribution in [1.82, 2.24) is 9.88 Å². The molecule has 1 aromatic heterocycles. The first kappa shape index (κ1) is 19.1. The van der Waals surface area contributed by atoms with E-state index in [9.17, 15) is 14.4 Å². The minimum absolute atomic E-state index is 0.0674. The van der Waals surface area contributed by atoms with Crippen molar-refractivity contribution in [3.63, 3.8) is 0 Å². The monoisotopic (exact) mass is 417 g/mol. The van der Waals surface area contributed by atoms with Crippen LogP contribution in [0.2, 0.25) is 5.02 Å². The second-order valence-corrected chi connectivity index (χ2v) is 8.41. The highest BCUT2D eigenvalue weighted by atomic mass is 35.5. The zero-order valence-corrected chi connectivity index (χ0v) is 16.8. The number of nitrogens with zero attached hydrogens (tertiary/aromatic N) is 2. The van der Waals surface area contributed by atoms with Crippen LogP contribution in [-0.2, 0) is 14.4 Å². The van der Waals surface area contributed by atoms with Crippen molar-refractivity contribution < 1.29 is 14.4 Å².